The summed E-state index contributed by atoms with van der Waals surface area (Å²) in [4.78, 5) is 29.6. The van der Waals surface area contributed by atoms with Crippen LogP contribution in [-0.2, 0) is 10.2 Å². The van der Waals surface area contributed by atoms with E-state index < -0.39 is 0 Å². The highest BCUT2D eigenvalue weighted by Crippen LogP contribution is 2.26. The highest BCUT2D eigenvalue weighted by atomic mass is 16.2. The molecule has 27 heavy (non-hydrogen) atoms. The van der Waals surface area contributed by atoms with Crippen LogP contribution in [0.4, 0.5) is 0 Å². The summed E-state index contributed by atoms with van der Waals surface area (Å²) in [6, 6.07) is 8.01. The van der Waals surface area contributed by atoms with Gasteiger partial charge in [-0.05, 0) is 42.4 Å². The summed E-state index contributed by atoms with van der Waals surface area (Å²) in [5.41, 5.74) is 2.07. The minimum absolute atomic E-state index is 0.0856. The van der Waals surface area contributed by atoms with Crippen molar-refractivity contribution in [2.45, 2.75) is 64.7 Å². The van der Waals surface area contributed by atoms with Gasteiger partial charge < -0.3 is 9.80 Å². The zero-order valence-corrected chi connectivity index (χ0v) is 17.2. The van der Waals surface area contributed by atoms with E-state index in [9.17, 15) is 9.59 Å². The van der Waals surface area contributed by atoms with Gasteiger partial charge in [-0.2, -0.15) is 0 Å². The molecule has 1 heterocycles. The molecule has 0 radical (unpaired) electrons. The average Bonchev–Trinajstić information content (AvgIpc) is 2.93. The van der Waals surface area contributed by atoms with E-state index in [-0.39, 0.29) is 17.2 Å². The number of nitrogens with zero attached hydrogens (tertiary/aromatic N) is 2. The molecule has 1 aliphatic heterocycles. The number of carbonyl (C=O) groups is 2. The van der Waals surface area contributed by atoms with Crippen molar-refractivity contribution in [3.05, 3.63) is 35.4 Å². The van der Waals surface area contributed by atoms with Crippen LogP contribution >= 0.6 is 0 Å². The summed E-state index contributed by atoms with van der Waals surface area (Å²) in [7, 11) is 0. The zero-order valence-electron chi connectivity index (χ0n) is 17.2. The monoisotopic (exact) mass is 370 g/mol. The molecular formula is C23H34N2O2. The predicted molar refractivity (Wildman–Crippen MR) is 109 cm³/mol. The fourth-order valence-corrected chi connectivity index (χ4v) is 4.24. The molecule has 1 aromatic rings. The molecule has 1 saturated heterocycles. The van der Waals surface area contributed by atoms with Crippen LogP contribution in [0.5, 0.6) is 0 Å². The van der Waals surface area contributed by atoms with Crippen LogP contribution in [0.15, 0.2) is 24.3 Å². The predicted octanol–water partition coefficient (Wildman–Crippen LogP) is 4.24. The highest BCUT2D eigenvalue weighted by molar-refractivity contribution is 5.94. The average molecular weight is 371 g/mol. The molecule has 0 unspecified atom stereocenters. The van der Waals surface area contributed by atoms with Crippen molar-refractivity contribution in [3.63, 3.8) is 0 Å². The van der Waals surface area contributed by atoms with Gasteiger partial charge in [0.05, 0.1) is 0 Å². The molecule has 148 valence electrons. The number of carbonyl (C=O) groups excluding carboxylic acids is 2. The quantitative estimate of drug-likeness (QED) is 0.781. The smallest absolute Gasteiger partial charge is 0.253 e. The van der Waals surface area contributed by atoms with Gasteiger partial charge in [-0.25, -0.2) is 0 Å². The maximum atomic E-state index is 12.9. The largest absolute Gasteiger partial charge is 0.341 e. The van der Waals surface area contributed by atoms with Crippen molar-refractivity contribution in [1.29, 1.82) is 0 Å². The molecular weight excluding hydrogens is 336 g/mol. The SMILES string of the molecule is CC(C)(C)c1ccc(C(=O)N2CCCN(C(=O)C3CCCCC3)CC2)cc1. The van der Waals surface area contributed by atoms with Gasteiger partial charge in [0.1, 0.15) is 0 Å². The van der Waals surface area contributed by atoms with Gasteiger partial charge in [0.25, 0.3) is 5.91 Å². The van der Waals surface area contributed by atoms with E-state index in [1.54, 1.807) is 0 Å². The molecule has 0 aromatic heterocycles. The normalized spacial score (nSPS) is 19.7. The minimum atomic E-state index is 0.0856. The number of benzene rings is 1. The van der Waals surface area contributed by atoms with Gasteiger partial charge in [0.15, 0.2) is 0 Å². The Labute approximate surface area is 163 Å². The number of rotatable bonds is 2. The third-order valence-corrected chi connectivity index (χ3v) is 6.05. The van der Waals surface area contributed by atoms with Crippen LogP contribution < -0.4 is 0 Å². The van der Waals surface area contributed by atoms with Crippen molar-refractivity contribution in [2.24, 2.45) is 5.92 Å². The molecule has 1 saturated carbocycles. The Bertz CT molecular complexity index is 654. The van der Waals surface area contributed by atoms with Crippen molar-refractivity contribution < 1.29 is 9.59 Å². The summed E-state index contributed by atoms with van der Waals surface area (Å²) in [5, 5.41) is 0. The topological polar surface area (TPSA) is 40.6 Å². The molecule has 4 nitrogen and oxygen atoms in total. The first-order chi connectivity index (χ1) is 12.9. The Morgan fingerprint density at radius 1 is 0.815 bits per heavy atom. The molecule has 1 aromatic carbocycles. The number of hydrogen-bond acceptors (Lipinski definition) is 2. The Morgan fingerprint density at radius 3 is 2.04 bits per heavy atom. The second-order valence-electron chi connectivity index (χ2n) is 9.13. The molecule has 0 atom stereocenters. The lowest BCUT2D eigenvalue weighted by Gasteiger charge is -2.28. The van der Waals surface area contributed by atoms with Gasteiger partial charge in [-0.1, -0.05) is 52.2 Å². The van der Waals surface area contributed by atoms with E-state index in [4.69, 9.17) is 0 Å². The van der Waals surface area contributed by atoms with Crippen molar-refractivity contribution >= 4 is 11.8 Å². The van der Waals surface area contributed by atoms with Crippen LogP contribution in [0.3, 0.4) is 0 Å². The van der Waals surface area contributed by atoms with E-state index in [1.807, 2.05) is 21.9 Å². The maximum absolute atomic E-state index is 12.9. The summed E-state index contributed by atoms with van der Waals surface area (Å²) < 4.78 is 0. The second kappa shape index (κ2) is 8.45. The highest BCUT2D eigenvalue weighted by Gasteiger charge is 2.28. The van der Waals surface area contributed by atoms with E-state index in [2.05, 4.69) is 32.9 Å². The standard InChI is InChI=1S/C23H34N2O2/c1-23(2,3)20-12-10-19(11-13-20)22(27)25-15-7-14-24(16-17-25)21(26)18-8-5-4-6-9-18/h10-13,18H,4-9,14-17H2,1-3H3. The molecule has 2 amide bonds. The molecule has 2 fully saturated rings. The molecule has 2 aliphatic rings. The zero-order chi connectivity index (χ0) is 19.4. The van der Waals surface area contributed by atoms with Crippen LogP contribution in [0.2, 0.25) is 0 Å². The maximum Gasteiger partial charge on any atom is 0.253 e. The molecule has 0 spiro atoms. The van der Waals surface area contributed by atoms with Gasteiger partial charge in [-0.15, -0.1) is 0 Å². The first-order valence-corrected chi connectivity index (χ1v) is 10.5. The molecule has 1 aliphatic carbocycles. The molecule has 3 rings (SSSR count). The third kappa shape index (κ3) is 4.91. The third-order valence-electron chi connectivity index (χ3n) is 6.05. The van der Waals surface area contributed by atoms with E-state index in [1.165, 1.54) is 24.8 Å². The fraction of sp³-hybridized carbons (Fsp3) is 0.652. The summed E-state index contributed by atoms with van der Waals surface area (Å²) >= 11 is 0. The summed E-state index contributed by atoms with van der Waals surface area (Å²) in [5.74, 6) is 0.617. The lowest BCUT2D eigenvalue weighted by molar-refractivity contribution is -0.136. The Balaban J connectivity index is 1.60. The van der Waals surface area contributed by atoms with Crippen LogP contribution in [-0.4, -0.2) is 47.8 Å². The van der Waals surface area contributed by atoms with Crippen molar-refractivity contribution in [1.82, 2.24) is 9.80 Å². The Morgan fingerprint density at radius 2 is 1.41 bits per heavy atom. The number of hydrogen-bond donors (Lipinski definition) is 0. The lowest BCUT2D eigenvalue weighted by atomic mass is 9.86. The Hall–Kier alpha value is -1.84. The van der Waals surface area contributed by atoms with Crippen LogP contribution in [0.25, 0.3) is 0 Å². The molecule has 4 heteroatoms. The van der Waals surface area contributed by atoms with Crippen molar-refractivity contribution in [3.8, 4) is 0 Å². The number of amides is 2. The first-order valence-electron chi connectivity index (χ1n) is 10.5. The molecule has 0 N–H and O–H groups in total. The van der Waals surface area contributed by atoms with E-state index in [0.29, 0.717) is 19.0 Å². The van der Waals surface area contributed by atoms with E-state index >= 15 is 0 Å². The van der Waals surface area contributed by atoms with Crippen LogP contribution in [0, 0.1) is 5.92 Å². The van der Waals surface area contributed by atoms with Gasteiger partial charge >= 0.3 is 0 Å². The lowest BCUT2D eigenvalue weighted by Crippen LogP contribution is -2.40. The molecule has 0 bridgehead atoms. The van der Waals surface area contributed by atoms with Gasteiger partial charge in [0.2, 0.25) is 5.91 Å². The minimum Gasteiger partial charge on any atom is -0.341 e. The van der Waals surface area contributed by atoms with E-state index in [0.717, 1.165) is 37.9 Å². The first kappa shape index (κ1) is 19.9. The van der Waals surface area contributed by atoms with Gasteiger partial charge in [-0.3, -0.25) is 9.59 Å². The summed E-state index contributed by atoms with van der Waals surface area (Å²) in [6.07, 6.45) is 6.57. The van der Waals surface area contributed by atoms with Gasteiger partial charge in [0, 0.05) is 37.7 Å². The Kier molecular flexibility index (Phi) is 6.23. The summed E-state index contributed by atoms with van der Waals surface area (Å²) in [6.45, 7) is 9.35. The fourth-order valence-electron chi connectivity index (χ4n) is 4.24. The second-order valence-corrected chi connectivity index (χ2v) is 9.13. The van der Waals surface area contributed by atoms with Crippen molar-refractivity contribution in [2.75, 3.05) is 26.2 Å². The van der Waals surface area contributed by atoms with Crippen LogP contribution in [0.1, 0.15) is 75.2 Å².